The number of hydrogen-bond acceptors (Lipinski definition) is 4. The van der Waals surface area contributed by atoms with Crippen molar-refractivity contribution >= 4 is 11.9 Å². The van der Waals surface area contributed by atoms with Crippen molar-refractivity contribution in [1.29, 1.82) is 0 Å². The molecular formula is C14H17NO5. The lowest BCUT2D eigenvalue weighted by Gasteiger charge is -2.32. The lowest BCUT2D eigenvalue weighted by Crippen LogP contribution is -2.46. The highest BCUT2D eigenvalue weighted by Gasteiger charge is 2.25. The molecule has 0 spiro atoms. The molecule has 1 unspecified atom stereocenters. The number of carboxylic acid groups (broad SMARTS) is 1. The molecule has 0 saturated carbocycles. The molecule has 0 aromatic heterocycles. The maximum Gasteiger partial charge on any atom is 0.306 e. The number of ether oxygens (including phenoxy) is 1. The molecule has 0 bridgehead atoms. The standard InChI is InChI=1S/C14H17NO5/c16-11-3-1-10(2-4-11)7-13(17)15-5-6-20-12(9-15)8-14(18)19/h1-4,12,16H,5-9H2,(H,18,19). The number of phenolic OH excluding ortho intramolecular Hbond substituents is 1. The highest BCUT2D eigenvalue weighted by Crippen LogP contribution is 2.13. The Hall–Kier alpha value is -2.08. The predicted octanol–water partition coefficient (Wildman–Crippen LogP) is 0.637. The number of morpholine rings is 1. The lowest BCUT2D eigenvalue weighted by molar-refractivity contribution is -0.147. The Balaban J connectivity index is 1.91. The highest BCUT2D eigenvalue weighted by molar-refractivity contribution is 5.79. The number of nitrogens with zero attached hydrogens (tertiary/aromatic N) is 1. The molecule has 1 aliphatic heterocycles. The molecule has 6 heteroatoms. The van der Waals surface area contributed by atoms with Gasteiger partial charge in [0.15, 0.2) is 0 Å². The molecule has 1 aliphatic rings. The van der Waals surface area contributed by atoms with Crippen molar-refractivity contribution in [3.05, 3.63) is 29.8 Å². The van der Waals surface area contributed by atoms with Crippen molar-refractivity contribution in [3.63, 3.8) is 0 Å². The SMILES string of the molecule is O=C(O)CC1CN(C(=O)Cc2ccc(O)cc2)CCO1. The molecule has 1 aromatic rings. The number of carboxylic acids is 1. The zero-order valence-corrected chi connectivity index (χ0v) is 11.0. The Morgan fingerprint density at radius 1 is 1.30 bits per heavy atom. The van der Waals surface area contributed by atoms with Gasteiger partial charge in [0.25, 0.3) is 0 Å². The van der Waals surface area contributed by atoms with Gasteiger partial charge < -0.3 is 19.8 Å². The van der Waals surface area contributed by atoms with E-state index in [4.69, 9.17) is 9.84 Å². The molecule has 20 heavy (non-hydrogen) atoms. The van der Waals surface area contributed by atoms with Crippen LogP contribution in [0.5, 0.6) is 5.75 Å². The zero-order valence-electron chi connectivity index (χ0n) is 11.0. The number of rotatable bonds is 4. The Labute approximate surface area is 116 Å². The van der Waals surface area contributed by atoms with Crippen molar-refractivity contribution in [2.75, 3.05) is 19.7 Å². The van der Waals surface area contributed by atoms with E-state index in [1.54, 1.807) is 17.0 Å². The van der Waals surface area contributed by atoms with Gasteiger partial charge in [-0.05, 0) is 17.7 Å². The van der Waals surface area contributed by atoms with Gasteiger partial charge in [-0.3, -0.25) is 9.59 Å². The number of benzene rings is 1. The molecule has 0 radical (unpaired) electrons. The molecule has 2 N–H and O–H groups in total. The Morgan fingerprint density at radius 2 is 2.00 bits per heavy atom. The second-order valence-corrected chi connectivity index (χ2v) is 4.77. The van der Waals surface area contributed by atoms with Crippen LogP contribution in [0.1, 0.15) is 12.0 Å². The van der Waals surface area contributed by atoms with Gasteiger partial charge in [0.2, 0.25) is 5.91 Å². The molecule has 108 valence electrons. The predicted molar refractivity (Wildman–Crippen MR) is 70.4 cm³/mol. The summed E-state index contributed by atoms with van der Waals surface area (Å²) in [6, 6.07) is 6.47. The van der Waals surface area contributed by atoms with E-state index in [9.17, 15) is 14.7 Å². The fraction of sp³-hybridized carbons (Fsp3) is 0.429. The summed E-state index contributed by atoms with van der Waals surface area (Å²) in [4.78, 5) is 24.4. The molecule has 6 nitrogen and oxygen atoms in total. The maximum absolute atomic E-state index is 12.1. The van der Waals surface area contributed by atoms with E-state index in [-0.39, 0.29) is 24.5 Å². The van der Waals surface area contributed by atoms with Crippen molar-refractivity contribution < 1.29 is 24.5 Å². The van der Waals surface area contributed by atoms with Crippen LogP contribution in [0.3, 0.4) is 0 Å². The normalized spacial score (nSPS) is 18.8. The largest absolute Gasteiger partial charge is 0.508 e. The third-order valence-corrected chi connectivity index (χ3v) is 3.19. The van der Waals surface area contributed by atoms with Crippen LogP contribution in [-0.2, 0) is 20.7 Å². The number of amides is 1. The number of hydrogen-bond donors (Lipinski definition) is 2. The minimum absolute atomic E-state index is 0.0608. The van der Waals surface area contributed by atoms with E-state index in [1.807, 2.05) is 0 Å². The summed E-state index contributed by atoms with van der Waals surface area (Å²) in [5, 5.41) is 17.9. The monoisotopic (exact) mass is 279 g/mol. The summed E-state index contributed by atoms with van der Waals surface area (Å²) in [6.07, 6.45) is -0.298. The minimum atomic E-state index is -0.928. The fourth-order valence-corrected chi connectivity index (χ4v) is 2.16. The van der Waals surface area contributed by atoms with E-state index in [1.165, 1.54) is 12.1 Å². The molecule has 1 atom stereocenters. The summed E-state index contributed by atoms with van der Waals surface area (Å²) < 4.78 is 5.33. The van der Waals surface area contributed by atoms with E-state index >= 15 is 0 Å². The van der Waals surface area contributed by atoms with Crippen LogP contribution in [0.25, 0.3) is 0 Å². The van der Waals surface area contributed by atoms with Crippen LogP contribution in [0.2, 0.25) is 0 Å². The van der Waals surface area contributed by atoms with Gasteiger partial charge in [0.05, 0.1) is 25.6 Å². The van der Waals surface area contributed by atoms with E-state index in [0.29, 0.717) is 19.7 Å². The fourth-order valence-electron chi connectivity index (χ4n) is 2.16. The van der Waals surface area contributed by atoms with Crippen LogP contribution in [0.15, 0.2) is 24.3 Å². The molecule has 1 fully saturated rings. The second kappa shape index (κ2) is 6.38. The van der Waals surface area contributed by atoms with Crippen molar-refractivity contribution in [2.24, 2.45) is 0 Å². The average Bonchev–Trinajstić information content (AvgIpc) is 2.41. The first-order chi connectivity index (χ1) is 9.54. The molecule has 2 rings (SSSR count). The molecule has 0 aliphatic carbocycles. The van der Waals surface area contributed by atoms with Crippen LogP contribution in [-0.4, -0.2) is 52.8 Å². The third kappa shape index (κ3) is 3.96. The first-order valence-corrected chi connectivity index (χ1v) is 6.43. The summed E-state index contributed by atoms with van der Waals surface area (Å²) in [7, 11) is 0. The van der Waals surface area contributed by atoms with Gasteiger partial charge >= 0.3 is 5.97 Å². The van der Waals surface area contributed by atoms with Crippen LogP contribution < -0.4 is 0 Å². The summed E-state index contributed by atoms with van der Waals surface area (Å²) in [5.74, 6) is -0.827. The number of aliphatic carboxylic acids is 1. The van der Waals surface area contributed by atoms with Crippen molar-refractivity contribution in [1.82, 2.24) is 4.90 Å². The third-order valence-electron chi connectivity index (χ3n) is 3.19. The first-order valence-electron chi connectivity index (χ1n) is 6.43. The highest BCUT2D eigenvalue weighted by atomic mass is 16.5. The Kier molecular flexibility index (Phi) is 4.57. The minimum Gasteiger partial charge on any atom is -0.508 e. The van der Waals surface area contributed by atoms with Gasteiger partial charge in [-0.2, -0.15) is 0 Å². The number of aromatic hydroxyl groups is 1. The van der Waals surface area contributed by atoms with Gasteiger partial charge in [-0.25, -0.2) is 0 Å². The van der Waals surface area contributed by atoms with Crippen molar-refractivity contribution in [2.45, 2.75) is 18.9 Å². The van der Waals surface area contributed by atoms with E-state index < -0.39 is 12.1 Å². The maximum atomic E-state index is 12.1. The zero-order chi connectivity index (χ0) is 14.5. The van der Waals surface area contributed by atoms with Gasteiger partial charge in [0, 0.05) is 13.1 Å². The number of carbonyl (C=O) groups excluding carboxylic acids is 1. The van der Waals surface area contributed by atoms with Crippen LogP contribution in [0.4, 0.5) is 0 Å². The second-order valence-electron chi connectivity index (χ2n) is 4.77. The number of carbonyl (C=O) groups is 2. The van der Waals surface area contributed by atoms with E-state index in [2.05, 4.69) is 0 Å². The van der Waals surface area contributed by atoms with Gasteiger partial charge in [0.1, 0.15) is 5.75 Å². The summed E-state index contributed by atoms with van der Waals surface area (Å²) in [6.45, 7) is 1.15. The summed E-state index contributed by atoms with van der Waals surface area (Å²) in [5.41, 5.74) is 0.814. The van der Waals surface area contributed by atoms with Gasteiger partial charge in [-0.15, -0.1) is 0 Å². The van der Waals surface area contributed by atoms with Crippen LogP contribution in [0, 0.1) is 0 Å². The summed E-state index contributed by atoms with van der Waals surface area (Å²) >= 11 is 0. The Morgan fingerprint density at radius 3 is 2.65 bits per heavy atom. The average molecular weight is 279 g/mol. The first kappa shape index (κ1) is 14.3. The van der Waals surface area contributed by atoms with Crippen molar-refractivity contribution in [3.8, 4) is 5.75 Å². The molecule has 1 heterocycles. The smallest absolute Gasteiger partial charge is 0.306 e. The molecule has 1 aromatic carbocycles. The quantitative estimate of drug-likeness (QED) is 0.844. The van der Waals surface area contributed by atoms with E-state index in [0.717, 1.165) is 5.56 Å². The molecule has 1 amide bonds. The Bertz CT molecular complexity index is 485. The van der Waals surface area contributed by atoms with Gasteiger partial charge in [-0.1, -0.05) is 12.1 Å². The molecule has 1 saturated heterocycles. The number of phenols is 1. The topological polar surface area (TPSA) is 87.1 Å². The lowest BCUT2D eigenvalue weighted by atomic mass is 10.1. The molecular weight excluding hydrogens is 262 g/mol. The van der Waals surface area contributed by atoms with Crippen LogP contribution >= 0.6 is 0 Å².